The van der Waals surface area contributed by atoms with Gasteiger partial charge in [-0.15, -0.1) is 0 Å². The summed E-state index contributed by atoms with van der Waals surface area (Å²) in [6, 6.07) is 12.9. The van der Waals surface area contributed by atoms with Crippen LogP contribution in [-0.4, -0.2) is 12.4 Å². The molecule has 0 atom stereocenters. The lowest BCUT2D eigenvalue weighted by Gasteiger charge is -2.07. The van der Waals surface area contributed by atoms with E-state index in [1.807, 2.05) is 44.2 Å². The molecule has 0 N–H and O–H groups in total. The molecule has 0 heterocycles. The topological polar surface area (TPSA) is 26.3 Å². The lowest BCUT2D eigenvalue weighted by atomic mass is 9.99. The fourth-order valence-corrected chi connectivity index (χ4v) is 2.38. The zero-order valence-corrected chi connectivity index (χ0v) is 12.5. The molecule has 0 aliphatic carbocycles. The van der Waals surface area contributed by atoms with Crippen LogP contribution in [0.1, 0.15) is 28.4 Å². The molecule has 2 nitrogen and oxygen atoms in total. The molecule has 3 heteroatoms. The number of ether oxygens (including phenoxy) is 1. The van der Waals surface area contributed by atoms with Crippen molar-refractivity contribution in [2.24, 2.45) is 0 Å². The molecule has 0 amide bonds. The number of carbonyl (C=O) groups is 1. The second-order valence-electron chi connectivity index (χ2n) is 4.25. The van der Waals surface area contributed by atoms with Crippen LogP contribution in [0.5, 0.6) is 5.75 Å². The molecule has 2 aromatic carbocycles. The second-order valence-corrected chi connectivity index (χ2v) is 5.16. The first-order chi connectivity index (χ1) is 9.11. The number of carbonyl (C=O) groups excluding carboxylic acids is 1. The van der Waals surface area contributed by atoms with Gasteiger partial charge in [0.1, 0.15) is 5.75 Å². The minimum absolute atomic E-state index is 0.0352. The molecule has 98 valence electrons. The van der Waals surface area contributed by atoms with E-state index in [1.54, 1.807) is 12.1 Å². The molecule has 2 rings (SSSR count). The van der Waals surface area contributed by atoms with E-state index in [9.17, 15) is 4.79 Å². The van der Waals surface area contributed by atoms with Crippen molar-refractivity contribution < 1.29 is 9.53 Å². The molecule has 0 aliphatic rings. The van der Waals surface area contributed by atoms with E-state index in [1.165, 1.54) is 0 Å². The summed E-state index contributed by atoms with van der Waals surface area (Å²) in [5.74, 6) is 0.819. The summed E-state index contributed by atoms with van der Waals surface area (Å²) in [4.78, 5) is 12.4. The molecule has 0 aliphatic heterocycles. The van der Waals surface area contributed by atoms with Crippen molar-refractivity contribution in [3.8, 4) is 5.75 Å². The minimum Gasteiger partial charge on any atom is -0.494 e. The molecule has 0 radical (unpaired) electrons. The van der Waals surface area contributed by atoms with Gasteiger partial charge < -0.3 is 4.74 Å². The average Bonchev–Trinajstić information content (AvgIpc) is 2.39. The predicted octanol–water partition coefficient (Wildman–Crippen LogP) is 4.39. The Labute approximate surface area is 121 Å². The molecule has 0 unspecified atom stereocenters. The summed E-state index contributed by atoms with van der Waals surface area (Å²) >= 11 is 3.40. The summed E-state index contributed by atoms with van der Waals surface area (Å²) in [7, 11) is 0. The molecule has 0 aromatic heterocycles. The Hall–Kier alpha value is -1.61. The van der Waals surface area contributed by atoms with Gasteiger partial charge >= 0.3 is 0 Å². The molecule has 0 saturated heterocycles. The van der Waals surface area contributed by atoms with Crippen LogP contribution in [0.15, 0.2) is 46.9 Å². The fourth-order valence-electron chi connectivity index (χ4n) is 1.91. The van der Waals surface area contributed by atoms with Gasteiger partial charge in [0, 0.05) is 15.6 Å². The van der Waals surface area contributed by atoms with Crippen molar-refractivity contribution in [2.75, 3.05) is 6.61 Å². The van der Waals surface area contributed by atoms with Crippen LogP contribution in [0.25, 0.3) is 0 Å². The minimum atomic E-state index is 0.0352. The Balaban J connectivity index is 2.28. The number of hydrogen-bond donors (Lipinski definition) is 0. The lowest BCUT2D eigenvalue weighted by molar-refractivity contribution is 0.103. The van der Waals surface area contributed by atoms with E-state index < -0.39 is 0 Å². The third kappa shape index (κ3) is 3.24. The van der Waals surface area contributed by atoms with Gasteiger partial charge in [-0.3, -0.25) is 4.79 Å². The first-order valence-electron chi connectivity index (χ1n) is 6.15. The van der Waals surface area contributed by atoms with Crippen molar-refractivity contribution in [3.05, 3.63) is 63.6 Å². The highest BCUT2D eigenvalue weighted by Crippen LogP contribution is 2.20. The zero-order chi connectivity index (χ0) is 13.8. The highest BCUT2D eigenvalue weighted by molar-refractivity contribution is 9.10. The van der Waals surface area contributed by atoms with Crippen LogP contribution >= 0.6 is 15.9 Å². The van der Waals surface area contributed by atoms with E-state index in [2.05, 4.69) is 15.9 Å². The molecular weight excluding hydrogens is 304 g/mol. The second kappa shape index (κ2) is 6.02. The quantitative estimate of drug-likeness (QED) is 0.782. The van der Waals surface area contributed by atoms with Gasteiger partial charge in [-0.2, -0.15) is 0 Å². The van der Waals surface area contributed by atoms with E-state index in [-0.39, 0.29) is 5.78 Å². The number of aryl methyl sites for hydroxylation is 1. The molecule has 0 saturated carbocycles. The first kappa shape index (κ1) is 13.8. The molecular formula is C16H15BrO2. The number of hydrogen-bond acceptors (Lipinski definition) is 2. The maximum absolute atomic E-state index is 12.4. The van der Waals surface area contributed by atoms with Crippen LogP contribution in [0.3, 0.4) is 0 Å². The molecule has 19 heavy (non-hydrogen) atoms. The Kier molecular flexibility index (Phi) is 4.38. The summed E-state index contributed by atoms with van der Waals surface area (Å²) in [6.07, 6.45) is 0. The number of rotatable bonds is 4. The Morgan fingerprint density at radius 3 is 2.42 bits per heavy atom. The Bertz CT molecular complexity index is 588. The number of benzene rings is 2. The highest BCUT2D eigenvalue weighted by atomic mass is 79.9. The molecule has 0 spiro atoms. The average molecular weight is 319 g/mol. The molecule has 0 bridgehead atoms. The van der Waals surface area contributed by atoms with Gasteiger partial charge in [0.2, 0.25) is 0 Å². The van der Waals surface area contributed by atoms with E-state index in [4.69, 9.17) is 4.74 Å². The van der Waals surface area contributed by atoms with Crippen LogP contribution in [0.4, 0.5) is 0 Å². The third-order valence-corrected chi connectivity index (χ3v) is 3.35. The maximum Gasteiger partial charge on any atom is 0.193 e. The van der Waals surface area contributed by atoms with Crippen molar-refractivity contribution in [2.45, 2.75) is 13.8 Å². The van der Waals surface area contributed by atoms with Crippen molar-refractivity contribution >= 4 is 21.7 Å². The van der Waals surface area contributed by atoms with E-state index in [0.717, 1.165) is 21.3 Å². The SMILES string of the molecule is CCOc1ccc(C(=O)c2ccc(Br)cc2C)cc1. The summed E-state index contributed by atoms with van der Waals surface area (Å²) in [6.45, 7) is 4.50. The molecule has 2 aromatic rings. The number of halogens is 1. The number of ketones is 1. The standard InChI is InChI=1S/C16H15BrO2/c1-3-19-14-7-4-12(5-8-14)16(18)15-9-6-13(17)10-11(15)2/h4-10H,3H2,1-2H3. The van der Waals surface area contributed by atoms with Crippen molar-refractivity contribution in [3.63, 3.8) is 0 Å². The fraction of sp³-hybridized carbons (Fsp3) is 0.188. The van der Waals surface area contributed by atoms with Crippen LogP contribution in [0.2, 0.25) is 0 Å². The smallest absolute Gasteiger partial charge is 0.193 e. The van der Waals surface area contributed by atoms with Gasteiger partial charge in [0.05, 0.1) is 6.61 Å². The molecule has 0 fully saturated rings. The maximum atomic E-state index is 12.4. The highest BCUT2D eigenvalue weighted by Gasteiger charge is 2.11. The first-order valence-corrected chi connectivity index (χ1v) is 6.95. The zero-order valence-electron chi connectivity index (χ0n) is 10.9. The van der Waals surface area contributed by atoms with E-state index >= 15 is 0 Å². The van der Waals surface area contributed by atoms with Gasteiger partial charge in [0.15, 0.2) is 5.78 Å². The summed E-state index contributed by atoms with van der Waals surface area (Å²) < 4.78 is 6.35. The lowest BCUT2D eigenvalue weighted by Crippen LogP contribution is -2.03. The Morgan fingerprint density at radius 1 is 1.16 bits per heavy atom. The summed E-state index contributed by atoms with van der Waals surface area (Å²) in [5, 5.41) is 0. The van der Waals surface area contributed by atoms with Crippen LogP contribution < -0.4 is 4.74 Å². The van der Waals surface area contributed by atoms with Gasteiger partial charge in [-0.25, -0.2) is 0 Å². The van der Waals surface area contributed by atoms with Crippen LogP contribution in [-0.2, 0) is 0 Å². The van der Waals surface area contributed by atoms with Crippen molar-refractivity contribution in [1.29, 1.82) is 0 Å². The monoisotopic (exact) mass is 318 g/mol. The van der Waals surface area contributed by atoms with Gasteiger partial charge in [0.25, 0.3) is 0 Å². The van der Waals surface area contributed by atoms with E-state index in [0.29, 0.717) is 12.2 Å². The largest absolute Gasteiger partial charge is 0.494 e. The summed E-state index contributed by atoms with van der Waals surface area (Å²) in [5.41, 5.74) is 2.37. The van der Waals surface area contributed by atoms with Crippen molar-refractivity contribution in [1.82, 2.24) is 0 Å². The normalized spacial score (nSPS) is 10.3. The van der Waals surface area contributed by atoms with Gasteiger partial charge in [-0.05, 0) is 61.9 Å². The third-order valence-electron chi connectivity index (χ3n) is 2.86. The predicted molar refractivity (Wildman–Crippen MR) is 79.9 cm³/mol. The van der Waals surface area contributed by atoms with Gasteiger partial charge in [-0.1, -0.05) is 15.9 Å². The van der Waals surface area contributed by atoms with Crippen LogP contribution in [0, 0.1) is 6.92 Å². The Morgan fingerprint density at radius 2 is 1.84 bits per heavy atom.